The first-order valence-corrected chi connectivity index (χ1v) is 9.64. The Kier molecular flexibility index (Phi) is 5.11. The molecule has 0 unspecified atom stereocenters. The standard InChI is InChI=1S/C22H19NO2S/c1-18-12-14-21(15-13-18)26(24,25)23(2)17-16-20-10-6-7-11-22(20)19-8-4-3-5-9-19/h3-15H,1-2H3. The molecule has 0 radical (unpaired) electrons. The zero-order valence-corrected chi connectivity index (χ0v) is 15.5. The van der Waals surface area contributed by atoms with Crippen LogP contribution in [0.3, 0.4) is 0 Å². The number of nitrogens with zero attached hydrogens (tertiary/aromatic N) is 1. The van der Waals surface area contributed by atoms with E-state index in [1.807, 2.05) is 61.5 Å². The maximum Gasteiger partial charge on any atom is 0.270 e. The molecule has 0 atom stereocenters. The fourth-order valence-electron chi connectivity index (χ4n) is 2.53. The first-order chi connectivity index (χ1) is 12.5. The summed E-state index contributed by atoms with van der Waals surface area (Å²) in [5.41, 5.74) is 3.81. The van der Waals surface area contributed by atoms with Crippen LogP contribution in [0.5, 0.6) is 0 Å². The molecular formula is C22H19NO2S. The Morgan fingerprint density at radius 3 is 2.12 bits per heavy atom. The average molecular weight is 361 g/mol. The van der Waals surface area contributed by atoms with Crippen LogP contribution >= 0.6 is 0 Å². The predicted octanol–water partition coefficient (Wildman–Crippen LogP) is 4.29. The van der Waals surface area contributed by atoms with E-state index in [4.69, 9.17) is 0 Å². The molecule has 130 valence electrons. The monoisotopic (exact) mass is 361 g/mol. The van der Waals surface area contributed by atoms with E-state index in [0.29, 0.717) is 0 Å². The SMILES string of the molecule is Cc1ccc(S(=O)(=O)N(C)C#Cc2ccccc2-c2ccccc2)cc1. The van der Waals surface area contributed by atoms with Crippen molar-refractivity contribution in [3.05, 3.63) is 90.0 Å². The highest BCUT2D eigenvalue weighted by atomic mass is 32.2. The normalized spacial score (nSPS) is 10.7. The molecule has 0 saturated heterocycles. The molecule has 0 aliphatic carbocycles. The van der Waals surface area contributed by atoms with E-state index in [2.05, 4.69) is 12.0 Å². The van der Waals surface area contributed by atoms with Gasteiger partial charge in [-0.25, -0.2) is 12.7 Å². The fraction of sp³-hybridized carbons (Fsp3) is 0.0909. The Balaban J connectivity index is 1.94. The summed E-state index contributed by atoms with van der Waals surface area (Å²) in [6.45, 7) is 1.92. The van der Waals surface area contributed by atoms with Crippen LogP contribution in [-0.2, 0) is 10.0 Å². The highest BCUT2D eigenvalue weighted by molar-refractivity contribution is 7.89. The van der Waals surface area contributed by atoms with Crippen LogP contribution < -0.4 is 0 Å². The van der Waals surface area contributed by atoms with E-state index in [1.165, 1.54) is 7.05 Å². The van der Waals surface area contributed by atoms with Gasteiger partial charge in [-0.3, -0.25) is 0 Å². The lowest BCUT2D eigenvalue weighted by molar-refractivity contribution is 0.547. The van der Waals surface area contributed by atoms with Gasteiger partial charge >= 0.3 is 0 Å². The predicted molar refractivity (Wildman–Crippen MR) is 105 cm³/mol. The minimum absolute atomic E-state index is 0.233. The highest BCUT2D eigenvalue weighted by Crippen LogP contribution is 2.22. The molecule has 3 aromatic rings. The van der Waals surface area contributed by atoms with Crippen molar-refractivity contribution in [3.8, 4) is 23.1 Å². The number of rotatable bonds is 3. The second-order valence-electron chi connectivity index (χ2n) is 5.93. The Morgan fingerprint density at radius 1 is 0.808 bits per heavy atom. The van der Waals surface area contributed by atoms with Crippen LogP contribution in [0.4, 0.5) is 0 Å². The van der Waals surface area contributed by atoms with E-state index in [1.54, 1.807) is 24.3 Å². The van der Waals surface area contributed by atoms with Crippen LogP contribution in [-0.4, -0.2) is 19.8 Å². The summed E-state index contributed by atoms with van der Waals surface area (Å²) >= 11 is 0. The summed E-state index contributed by atoms with van der Waals surface area (Å²) in [6.07, 6.45) is 0. The topological polar surface area (TPSA) is 37.4 Å². The van der Waals surface area contributed by atoms with Crippen LogP contribution in [0.2, 0.25) is 0 Å². The van der Waals surface area contributed by atoms with Gasteiger partial charge in [0, 0.05) is 18.7 Å². The first-order valence-electron chi connectivity index (χ1n) is 8.20. The van der Waals surface area contributed by atoms with E-state index >= 15 is 0 Å². The second-order valence-corrected chi connectivity index (χ2v) is 7.90. The van der Waals surface area contributed by atoms with E-state index in [-0.39, 0.29) is 4.90 Å². The lowest BCUT2D eigenvalue weighted by Crippen LogP contribution is -2.22. The van der Waals surface area contributed by atoms with Crippen molar-refractivity contribution in [1.29, 1.82) is 0 Å². The molecule has 3 aromatic carbocycles. The lowest BCUT2D eigenvalue weighted by atomic mass is 10.0. The van der Waals surface area contributed by atoms with Crippen molar-refractivity contribution in [2.75, 3.05) is 7.05 Å². The zero-order chi connectivity index (χ0) is 18.6. The van der Waals surface area contributed by atoms with Gasteiger partial charge < -0.3 is 0 Å². The molecule has 0 aliphatic rings. The van der Waals surface area contributed by atoms with Gasteiger partial charge in [-0.2, -0.15) is 0 Å². The van der Waals surface area contributed by atoms with Gasteiger partial charge in [-0.1, -0.05) is 66.2 Å². The molecule has 0 fully saturated rings. The third-order valence-corrected chi connectivity index (χ3v) is 5.72. The third kappa shape index (κ3) is 3.79. The van der Waals surface area contributed by atoms with Crippen molar-refractivity contribution in [2.45, 2.75) is 11.8 Å². The number of aryl methyl sites for hydroxylation is 1. The van der Waals surface area contributed by atoms with Crippen LogP contribution in [0.25, 0.3) is 11.1 Å². The van der Waals surface area contributed by atoms with Crippen molar-refractivity contribution in [3.63, 3.8) is 0 Å². The Bertz CT molecular complexity index is 1060. The van der Waals surface area contributed by atoms with Gasteiger partial charge in [-0.05, 0) is 42.2 Å². The molecule has 0 amide bonds. The van der Waals surface area contributed by atoms with Crippen molar-refractivity contribution >= 4 is 10.0 Å². The summed E-state index contributed by atoms with van der Waals surface area (Å²) in [7, 11) is -2.18. The van der Waals surface area contributed by atoms with E-state index in [9.17, 15) is 8.42 Å². The van der Waals surface area contributed by atoms with Crippen molar-refractivity contribution in [2.24, 2.45) is 0 Å². The average Bonchev–Trinajstić information content (AvgIpc) is 2.67. The van der Waals surface area contributed by atoms with Gasteiger partial charge in [0.15, 0.2) is 0 Å². The second kappa shape index (κ2) is 7.47. The van der Waals surface area contributed by atoms with Gasteiger partial charge in [-0.15, -0.1) is 0 Å². The van der Waals surface area contributed by atoms with Crippen LogP contribution in [0.1, 0.15) is 11.1 Å². The molecule has 0 spiro atoms. The van der Waals surface area contributed by atoms with E-state index < -0.39 is 10.0 Å². The van der Waals surface area contributed by atoms with Crippen molar-refractivity contribution < 1.29 is 8.42 Å². The maximum atomic E-state index is 12.6. The molecule has 0 heterocycles. The van der Waals surface area contributed by atoms with Crippen molar-refractivity contribution in [1.82, 2.24) is 4.31 Å². The Labute approximate surface area is 155 Å². The molecule has 3 rings (SSSR count). The summed E-state index contributed by atoms with van der Waals surface area (Å²) in [4.78, 5) is 0.233. The quantitative estimate of drug-likeness (QED) is 0.515. The number of hydrogen-bond donors (Lipinski definition) is 0. The van der Waals surface area contributed by atoms with Crippen LogP contribution in [0, 0.1) is 18.9 Å². The number of hydrogen-bond acceptors (Lipinski definition) is 2. The minimum Gasteiger partial charge on any atom is -0.227 e. The molecule has 0 aliphatic heterocycles. The van der Waals surface area contributed by atoms with Gasteiger partial charge in [0.1, 0.15) is 0 Å². The summed E-state index contributed by atoms with van der Waals surface area (Å²) in [5, 5.41) is 0. The van der Waals surface area contributed by atoms with E-state index in [0.717, 1.165) is 26.6 Å². The Hall–Kier alpha value is -3.03. The van der Waals surface area contributed by atoms with Crippen LogP contribution in [0.15, 0.2) is 83.8 Å². The largest absolute Gasteiger partial charge is 0.270 e. The summed E-state index contributed by atoms with van der Waals surface area (Å²) < 4.78 is 26.4. The molecule has 0 N–H and O–H groups in total. The molecule has 26 heavy (non-hydrogen) atoms. The molecule has 3 nitrogen and oxygen atoms in total. The zero-order valence-electron chi connectivity index (χ0n) is 14.7. The Morgan fingerprint density at radius 2 is 1.42 bits per heavy atom. The molecule has 0 bridgehead atoms. The number of sulfonamides is 1. The highest BCUT2D eigenvalue weighted by Gasteiger charge is 2.18. The smallest absolute Gasteiger partial charge is 0.227 e. The summed E-state index contributed by atoms with van der Waals surface area (Å²) in [5.74, 6) is 3.00. The molecule has 0 saturated carbocycles. The molecule has 0 aromatic heterocycles. The summed E-state index contributed by atoms with van der Waals surface area (Å²) in [6, 6.07) is 27.1. The molecule has 4 heteroatoms. The van der Waals surface area contributed by atoms with Gasteiger partial charge in [0.25, 0.3) is 10.0 Å². The molecular weight excluding hydrogens is 342 g/mol. The maximum absolute atomic E-state index is 12.6. The fourth-order valence-corrected chi connectivity index (χ4v) is 3.49. The van der Waals surface area contributed by atoms with Gasteiger partial charge in [0.05, 0.1) is 4.90 Å². The third-order valence-electron chi connectivity index (χ3n) is 4.04. The number of benzene rings is 3. The first kappa shape index (κ1) is 17.8. The lowest BCUT2D eigenvalue weighted by Gasteiger charge is -2.12. The minimum atomic E-state index is -3.64. The van der Waals surface area contributed by atoms with Gasteiger partial charge in [0.2, 0.25) is 0 Å².